The number of nitrogens with one attached hydrogen (secondary N) is 1. The number of carbonyl (C=O) groups excluding carboxylic acids is 1. The minimum absolute atomic E-state index is 0.0698. The molecule has 1 atom stereocenters. The summed E-state index contributed by atoms with van der Waals surface area (Å²) < 4.78 is 5.53. The molecule has 0 bridgehead atoms. The summed E-state index contributed by atoms with van der Waals surface area (Å²) in [6.45, 7) is 3.85. The average molecular weight is 264 g/mol. The van der Waals surface area contributed by atoms with Gasteiger partial charge >= 0.3 is 0 Å². The summed E-state index contributed by atoms with van der Waals surface area (Å²) in [7, 11) is 0. The van der Waals surface area contributed by atoms with E-state index in [1.54, 1.807) is 0 Å². The fourth-order valence-electron chi connectivity index (χ4n) is 1.61. The van der Waals surface area contributed by atoms with Gasteiger partial charge in [0.1, 0.15) is 0 Å². The van der Waals surface area contributed by atoms with E-state index in [2.05, 4.69) is 5.32 Å². The van der Waals surface area contributed by atoms with Crippen LogP contribution in [0.5, 0.6) is 0 Å². The van der Waals surface area contributed by atoms with Gasteiger partial charge in [0.25, 0.3) is 0 Å². The van der Waals surface area contributed by atoms with Gasteiger partial charge in [-0.2, -0.15) is 0 Å². The predicted octanol–water partition coefficient (Wildman–Crippen LogP) is 1.84. The van der Waals surface area contributed by atoms with Crippen LogP contribution in [0.1, 0.15) is 31.7 Å². The average Bonchev–Trinajstić information content (AvgIpc) is 2.41. The van der Waals surface area contributed by atoms with Crippen LogP contribution >= 0.6 is 0 Å². The lowest BCUT2D eigenvalue weighted by atomic mass is 10.2. The van der Waals surface area contributed by atoms with Crippen molar-refractivity contribution in [2.24, 2.45) is 5.73 Å². The van der Waals surface area contributed by atoms with Crippen molar-refractivity contribution in [1.82, 2.24) is 5.32 Å². The molecule has 0 saturated carbocycles. The molecule has 0 fully saturated rings. The van der Waals surface area contributed by atoms with Crippen LogP contribution in [-0.4, -0.2) is 25.1 Å². The third-order valence-corrected chi connectivity index (χ3v) is 2.73. The maximum atomic E-state index is 11.4. The summed E-state index contributed by atoms with van der Waals surface area (Å²) in [5, 5.41) is 2.86. The van der Waals surface area contributed by atoms with E-state index in [1.807, 2.05) is 37.3 Å². The Bertz CT molecular complexity index is 352. The van der Waals surface area contributed by atoms with Crippen LogP contribution in [0.15, 0.2) is 30.3 Å². The quantitative estimate of drug-likeness (QED) is 0.669. The van der Waals surface area contributed by atoms with Crippen molar-refractivity contribution in [2.75, 3.05) is 13.2 Å². The van der Waals surface area contributed by atoms with E-state index in [0.717, 1.165) is 12.8 Å². The van der Waals surface area contributed by atoms with Crippen LogP contribution in [-0.2, 0) is 16.1 Å². The fourth-order valence-corrected chi connectivity index (χ4v) is 1.61. The smallest absolute Gasteiger partial charge is 0.220 e. The van der Waals surface area contributed by atoms with Crippen molar-refractivity contribution in [1.29, 1.82) is 0 Å². The van der Waals surface area contributed by atoms with Gasteiger partial charge in [-0.25, -0.2) is 0 Å². The Morgan fingerprint density at radius 1 is 1.37 bits per heavy atom. The van der Waals surface area contributed by atoms with Crippen LogP contribution < -0.4 is 11.1 Å². The standard InChI is InChI=1S/C15H24N2O2/c1-13(16)8-9-15(18)17-10-5-11-19-12-14-6-3-2-4-7-14/h2-4,6-7,13H,5,8-12,16H2,1H3,(H,17,18). The first-order valence-electron chi connectivity index (χ1n) is 6.82. The molecule has 1 amide bonds. The highest BCUT2D eigenvalue weighted by Gasteiger charge is 2.02. The van der Waals surface area contributed by atoms with Crippen molar-refractivity contribution in [3.05, 3.63) is 35.9 Å². The van der Waals surface area contributed by atoms with Crippen LogP contribution in [0.3, 0.4) is 0 Å². The van der Waals surface area contributed by atoms with Gasteiger partial charge in [0.2, 0.25) is 5.91 Å². The van der Waals surface area contributed by atoms with E-state index in [-0.39, 0.29) is 11.9 Å². The van der Waals surface area contributed by atoms with Gasteiger partial charge in [-0.3, -0.25) is 4.79 Å². The second-order valence-electron chi connectivity index (χ2n) is 4.76. The van der Waals surface area contributed by atoms with Crippen molar-refractivity contribution in [3.63, 3.8) is 0 Å². The van der Waals surface area contributed by atoms with Crippen molar-refractivity contribution < 1.29 is 9.53 Å². The lowest BCUT2D eigenvalue weighted by Gasteiger charge is -2.07. The highest BCUT2D eigenvalue weighted by Crippen LogP contribution is 2.00. The Morgan fingerprint density at radius 3 is 2.79 bits per heavy atom. The Labute approximate surface area is 115 Å². The topological polar surface area (TPSA) is 64.4 Å². The van der Waals surface area contributed by atoms with E-state index in [4.69, 9.17) is 10.5 Å². The van der Waals surface area contributed by atoms with Crippen LogP contribution in [0.4, 0.5) is 0 Å². The Morgan fingerprint density at radius 2 is 2.11 bits per heavy atom. The minimum Gasteiger partial charge on any atom is -0.377 e. The molecule has 0 aliphatic heterocycles. The number of hydrogen-bond donors (Lipinski definition) is 2. The van der Waals surface area contributed by atoms with Gasteiger partial charge in [0.05, 0.1) is 6.61 Å². The van der Waals surface area contributed by atoms with Gasteiger partial charge in [-0.15, -0.1) is 0 Å². The molecule has 1 unspecified atom stereocenters. The number of ether oxygens (including phenoxy) is 1. The molecule has 106 valence electrons. The van der Waals surface area contributed by atoms with Gasteiger partial charge in [-0.05, 0) is 25.3 Å². The van der Waals surface area contributed by atoms with E-state index in [9.17, 15) is 4.79 Å². The van der Waals surface area contributed by atoms with E-state index in [1.165, 1.54) is 5.56 Å². The number of carbonyl (C=O) groups is 1. The largest absolute Gasteiger partial charge is 0.377 e. The summed E-state index contributed by atoms with van der Waals surface area (Å²) in [6.07, 6.45) is 2.07. The number of benzene rings is 1. The summed E-state index contributed by atoms with van der Waals surface area (Å²) in [5.74, 6) is 0.0698. The molecule has 1 aromatic carbocycles. The maximum Gasteiger partial charge on any atom is 0.220 e. The molecule has 0 aliphatic rings. The number of amides is 1. The minimum atomic E-state index is 0.0698. The summed E-state index contributed by atoms with van der Waals surface area (Å²) in [5.41, 5.74) is 6.76. The normalized spacial score (nSPS) is 12.1. The molecule has 0 radical (unpaired) electrons. The molecular formula is C15H24N2O2. The zero-order valence-electron chi connectivity index (χ0n) is 11.6. The van der Waals surface area contributed by atoms with Crippen molar-refractivity contribution in [3.8, 4) is 0 Å². The van der Waals surface area contributed by atoms with Crippen LogP contribution in [0, 0.1) is 0 Å². The van der Waals surface area contributed by atoms with Crippen molar-refractivity contribution in [2.45, 2.75) is 38.8 Å². The van der Waals surface area contributed by atoms with Crippen LogP contribution in [0.2, 0.25) is 0 Å². The summed E-state index contributed by atoms with van der Waals surface area (Å²) >= 11 is 0. The molecule has 4 nitrogen and oxygen atoms in total. The number of rotatable bonds is 9. The third kappa shape index (κ3) is 8.35. The zero-order valence-corrected chi connectivity index (χ0v) is 11.6. The molecule has 0 heterocycles. The SMILES string of the molecule is CC(N)CCC(=O)NCCCOCc1ccccc1. The molecule has 0 aliphatic carbocycles. The first kappa shape index (κ1) is 15.7. The number of hydrogen-bond acceptors (Lipinski definition) is 3. The number of nitrogens with two attached hydrogens (primary N) is 1. The molecule has 0 spiro atoms. The molecule has 1 aromatic rings. The molecule has 0 aromatic heterocycles. The zero-order chi connectivity index (χ0) is 13.9. The molecule has 0 saturated heterocycles. The highest BCUT2D eigenvalue weighted by molar-refractivity contribution is 5.75. The first-order valence-corrected chi connectivity index (χ1v) is 6.82. The molecule has 3 N–H and O–H groups in total. The van der Waals surface area contributed by atoms with Crippen molar-refractivity contribution >= 4 is 5.91 Å². The second-order valence-corrected chi connectivity index (χ2v) is 4.76. The first-order chi connectivity index (χ1) is 9.18. The van der Waals surface area contributed by atoms with Gasteiger partial charge in [0.15, 0.2) is 0 Å². The lowest BCUT2D eigenvalue weighted by Crippen LogP contribution is -2.27. The van der Waals surface area contributed by atoms with Crippen LogP contribution in [0.25, 0.3) is 0 Å². The Kier molecular flexibility index (Phi) is 7.86. The predicted molar refractivity (Wildman–Crippen MR) is 76.6 cm³/mol. The lowest BCUT2D eigenvalue weighted by molar-refractivity contribution is -0.121. The molecular weight excluding hydrogens is 240 g/mol. The second kappa shape index (κ2) is 9.53. The van der Waals surface area contributed by atoms with E-state index < -0.39 is 0 Å². The fraction of sp³-hybridized carbons (Fsp3) is 0.533. The van der Waals surface area contributed by atoms with Gasteiger partial charge in [-0.1, -0.05) is 30.3 Å². The Hall–Kier alpha value is -1.39. The van der Waals surface area contributed by atoms with Gasteiger partial charge < -0.3 is 15.8 Å². The molecule has 1 rings (SSSR count). The highest BCUT2D eigenvalue weighted by atomic mass is 16.5. The molecule has 19 heavy (non-hydrogen) atoms. The maximum absolute atomic E-state index is 11.4. The molecule has 4 heteroatoms. The van der Waals surface area contributed by atoms with E-state index in [0.29, 0.717) is 26.2 Å². The Balaban J connectivity index is 1.95. The van der Waals surface area contributed by atoms with Gasteiger partial charge in [0, 0.05) is 25.6 Å². The van der Waals surface area contributed by atoms with E-state index >= 15 is 0 Å². The summed E-state index contributed by atoms with van der Waals surface area (Å²) in [6, 6.07) is 10.1. The monoisotopic (exact) mass is 264 g/mol. The summed E-state index contributed by atoms with van der Waals surface area (Å²) in [4.78, 5) is 11.4. The third-order valence-electron chi connectivity index (χ3n) is 2.73.